The van der Waals surface area contributed by atoms with E-state index in [0.29, 0.717) is 17.4 Å². The molecule has 0 radical (unpaired) electrons. The van der Waals surface area contributed by atoms with Gasteiger partial charge in [0.15, 0.2) is 0 Å². The summed E-state index contributed by atoms with van der Waals surface area (Å²) in [5, 5.41) is 9.26. The molecule has 5 heteroatoms. The van der Waals surface area contributed by atoms with Gasteiger partial charge in [0.05, 0.1) is 11.5 Å². The van der Waals surface area contributed by atoms with Crippen molar-refractivity contribution < 1.29 is 13.5 Å². The van der Waals surface area contributed by atoms with Crippen molar-refractivity contribution in [2.24, 2.45) is 0 Å². The van der Waals surface area contributed by atoms with Crippen molar-refractivity contribution in [3.05, 3.63) is 29.8 Å². The Morgan fingerprint density at radius 2 is 1.95 bits per heavy atom. The number of aliphatic hydroxyl groups is 1. The maximum atomic E-state index is 12.5. The van der Waals surface area contributed by atoms with Gasteiger partial charge in [-0.15, -0.1) is 0 Å². The quantitative estimate of drug-likeness (QED) is 0.919. The van der Waals surface area contributed by atoms with Crippen LogP contribution in [0.3, 0.4) is 0 Å². The molecule has 0 aromatic heterocycles. The van der Waals surface area contributed by atoms with Crippen LogP contribution in [0.1, 0.15) is 38.2 Å². The van der Waals surface area contributed by atoms with E-state index in [9.17, 15) is 13.5 Å². The van der Waals surface area contributed by atoms with Crippen LogP contribution in [-0.4, -0.2) is 37.0 Å². The van der Waals surface area contributed by atoms with Crippen molar-refractivity contribution in [2.75, 3.05) is 13.2 Å². The van der Waals surface area contributed by atoms with Crippen LogP contribution in [0.25, 0.3) is 0 Å². The molecule has 1 N–H and O–H groups in total. The molecule has 1 fully saturated rings. The first-order chi connectivity index (χ1) is 8.96. The fourth-order valence-corrected chi connectivity index (χ4v) is 4.15. The van der Waals surface area contributed by atoms with E-state index >= 15 is 0 Å². The second kappa shape index (κ2) is 5.61. The first-order valence-corrected chi connectivity index (χ1v) is 8.13. The predicted molar refractivity (Wildman–Crippen MR) is 74.5 cm³/mol. The average Bonchev–Trinajstić information content (AvgIpc) is 2.87. The second-order valence-corrected chi connectivity index (χ2v) is 7.21. The summed E-state index contributed by atoms with van der Waals surface area (Å²) in [6.45, 7) is 4.54. The number of hydrogen-bond donors (Lipinski definition) is 1. The molecular formula is C14H21NO3S. The molecule has 0 aliphatic carbocycles. The van der Waals surface area contributed by atoms with E-state index < -0.39 is 10.0 Å². The first kappa shape index (κ1) is 14.5. The minimum Gasteiger partial charge on any atom is -0.395 e. The minimum atomic E-state index is -3.47. The van der Waals surface area contributed by atoms with Crippen LogP contribution in [0, 0.1) is 0 Å². The summed E-state index contributed by atoms with van der Waals surface area (Å²) in [6.07, 6.45) is 1.55. The summed E-state index contributed by atoms with van der Waals surface area (Å²) in [6, 6.07) is 6.78. The lowest BCUT2D eigenvalue weighted by Gasteiger charge is -2.22. The summed E-state index contributed by atoms with van der Waals surface area (Å²) >= 11 is 0. The lowest BCUT2D eigenvalue weighted by molar-refractivity contribution is 0.213. The minimum absolute atomic E-state index is 0.108. The number of rotatable bonds is 4. The van der Waals surface area contributed by atoms with Gasteiger partial charge in [0.2, 0.25) is 10.0 Å². The van der Waals surface area contributed by atoms with Crippen LogP contribution in [0.4, 0.5) is 0 Å². The highest BCUT2D eigenvalue weighted by Crippen LogP contribution is 2.26. The molecule has 0 bridgehead atoms. The maximum Gasteiger partial charge on any atom is 0.243 e. The molecule has 0 amide bonds. The first-order valence-electron chi connectivity index (χ1n) is 6.69. The molecule has 1 saturated heterocycles. The van der Waals surface area contributed by atoms with Crippen molar-refractivity contribution in [3.63, 3.8) is 0 Å². The highest BCUT2D eigenvalue weighted by Gasteiger charge is 2.34. The third-order valence-electron chi connectivity index (χ3n) is 3.69. The molecular weight excluding hydrogens is 262 g/mol. The van der Waals surface area contributed by atoms with Gasteiger partial charge in [-0.25, -0.2) is 8.42 Å². The molecule has 0 spiro atoms. The van der Waals surface area contributed by atoms with E-state index in [1.807, 2.05) is 12.1 Å². The van der Waals surface area contributed by atoms with Gasteiger partial charge >= 0.3 is 0 Å². The fraction of sp³-hybridized carbons (Fsp3) is 0.571. The topological polar surface area (TPSA) is 57.6 Å². The molecule has 0 unspecified atom stereocenters. The Morgan fingerprint density at radius 1 is 1.32 bits per heavy atom. The number of hydrogen-bond acceptors (Lipinski definition) is 3. The van der Waals surface area contributed by atoms with Crippen LogP contribution in [0.15, 0.2) is 29.2 Å². The maximum absolute atomic E-state index is 12.5. The van der Waals surface area contributed by atoms with Crippen molar-refractivity contribution in [1.82, 2.24) is 4.31 Å². The van der Waals surface area contributed by atoms with Gasteiger partial charge in [-0.2, -0.15) is 4.31 Å². The van der Waals surface area contributed by atoms with Crippen molar-refractivity contribution in [1.29, 1.82) is 0 Å². The van der Waals surface area contributed by atoms with Crippen molar-refractivity contribution in [2.45, 2.75) is 43.5 Å². The molecule has 0 saturated carbocycles. The van der Waals surface area contributed by atoms with Gasteiger partial charge in [0, 0.05) is 12.6 Å². The SMILES string of the molecule is CC(C)c1ccc(S(=O)(=O)N2CCC[C@H]2CO)cc1. The van der Waals surface area contributed by atoms with Crippen molar-refractivity contribution in [3.8, 4) is 0 Å². The normalized spacial score (nSPS) is 21.2. The fourth-order valence-electron chi connectivity index (χ4n) is 2.47. The Balaban J connectivity index is 2.29. The monoisotopic (exact) mass is 283 g/mol. The zero-order valence-corrected chi connectivity index (χ0v) is 12.2. The second-order valence-electron chi connectivity index (χ2n) is 5.32. The standard InChI is InChI=1S/C14H21NO3S/c1-11(2)12-5-7-14(8-6-12)19(17,18)15-9-3-4-13(15)10-16/h5-8,11,13,16H,3-4,9-10H2,1-2H3/t13-/m0/s1. The molecule has 1 aliphatic heterocycles. The average molecular weight is 283 g/mol. The van der Waals surface area contributed by atoms with Gasteiger partial charge < -0.3 is 5.11 Å². The van der Waals surface area contributed by atoms with Crippen molar-refractivity contribution >= 4 is 10.0 Å². The highest BCUT2D eigenvalue weighted by molar-refractivity contribution is 7.89. The number of sulfonamides is 1. The largest absolute Gasteiger partial charge is 0.395 e. The highest BCUT2D eigenvalue weighted by atomic mass is 32.2. The van der Waals surface area contributed by atoms with E-state index in [1.165, 1.54) is 4.31 Å². The summed E-state index contributed by atoms with van der Waals surface area (Å²) in [4.78, 5) is 0.317. The van der Waals surface area contributed by atoms with Gasteiger partial charge in [-0.3, -0.25) is 0 Å². The summed E-state index contributed by atoms with van der Waals surface area (Å²) in [5.41, 5.74) is 1.12. The molecule has 1 aliphatic rings. The Bertz CT molecular complexity index is 522. The Kier molecular flexibility index (Phi) is 4.28. The van der Waals surface area contributed by atoms with E-state index in [1.54, 1.807) is 12.1 Å². The van der Waals surface area contributed by atoms with Gasteiger partial charge in [-0.05, 0) is 36.5 Å². The Morgan fingerprint density at radius 3 is 2.47 bits per heavy atom. The predicted octanol–water partition coefficient (Wildman–Crippen LogP) is 1.96. The van der Waals surface area contributed by atoms with Crippen LogP contribution in [-0.2, 0) is 10.0 Å². The third kappa shape index (κ3) is 2.83. The molecule has 2 rings (SSSR count). The number of nitrogens with zero attached hydrogens (tertiary/aromatic N) is 1. The molecule has 1 heterocycles. The number of benzene rings is 1. The van der Waals surface area contributed by atoms with E-state index in [2.05, 4.69) is 13.8 Å². The van der Waals surface area contributed by atoms with Crippen LogP contribution >= 0.6 is 0 Å². The lowest BCUT2D eigenvalue weighted by Crippen LogP contribution is -2.37. The molecule has 106 valence electrons. The lowest BCUT2D eigenvalue weighted by atomic mass is 10.0. The molecule has 4 nitrogen and oxygen atoms in total. The summed E-state index contributed by atoms with van der Waals surface area (Å²) in [7, 11) is -3.47. The Labute approximate surface area is 115 Å². The molecule has 19 heavy (non-hydrogen) atoms. The molecule has 1 aromatic carbocycles. The van der Waals surface area contributed by atoms with E-state index in [-0.39, 0.29) is 12.6 Å². The van der Waals surface area contributed by atoms with Gasteiger partial charge in [0.25, 0.3) is 0 Å². The third-order valence-corrected chi connectivity index (χ3v) is 5.65. The summed E-state index contributed by atoms with van der Waals surface area (Å²) in [5.74, 6) is 0.383. The van der Waals surface area contributed by atoms with Gasteiger partial charge in [0.1, 0.15) is 0 Å². The van der Waals surface area contributed by atoms with E-state index in [4.69, 9.17) is 0 Å². The van der Waals surface area contributed by atoms with Gasteiger partial charge in [-0.1, -0.05) is 26.0 Å². The smallest absolute Gasteiger partial charge is 0.243 e. The zero-order chi connectivity index (χ0) is 14.0. The van der Waals surface area contributed by atoms with Crippen LogP contribution < -0.4 is 0 Å². The number of aliphatic hydroxyl groups excluding tert-OH is 1. The van der Waals surface area contributed by atoms with Crippen LogP contribution in [0.2, 0.25) is 0 Å². The zero-order valence-electron chi connectivity index (χ0n) is 11.4. The molecule has 1 atom stereocenters. The Hall–Kier alpha value is -0.910. The van der Waals surface area contributed by atoms with Crippen LogP contribution in [0.5, 0.6) is 0 Å². The van der Waals surface area contributed by atoms with E-state index in [0.717, 1.165) is 18.4 Å². The summed E-state index contributed by atoms with van der Waals surface area (Å²) < 4.78 is 26.4. The molecule has 1 aromatic rings.